The summed E-state index contributed by atoms with van der Waals surface area (Å²) >= 11 is 0. The van der Waals surface area contributed by atoms with Crippen molar-refractivity contribution in [3.8, 4) is 22.8 Å². The van der Waals surface area contributed by atoms with Gasteiger partial charge in [-0.25, -0.2) is 14.8 Å². The Kier molecular flexibility index (Phi) is 9.87. The zero-order valence-corrected chi connectivity index (χ0v) is 26.7. The quantitative estimate of drug-likeness (QED) is 0.224. The summed E-state index contributed by atoms with van der Waals surface area (Å²) in [5.41, 5.74) is 4.48. The lowest BCUT2D eigenvalue weighted by atomic mass is 10.1. The molecule has 2 aromatic heterocycles. The highest BCUT2D eigenvalue weighted by atomic mass is 16.6. The van der Waals surface area contributed by atoms with E-state index in [0.29, 0.717) is 50.6 Å². The number of aliphatic hydroxyl groups excluding tert-OH is 1. The van der Waals surface area contributed by atoms with Crippen LogP contribution in [0.5, 0.6) is 11.5 Å². The van der Waals surface area contributed by atoms with E-state index in [1.165, 1.54) is 0 Å². The molecule has 1 aliphatic rings. The summed E-state index contributed by atoms with van der Waals surface area (Å²) in [6.07, 6.45) is 4.80. The number of amides is 1. The second-order valence-electron chi connectivity index (χ2n) is 11.9. The van der Waals surface area contributed by atoms with Crippen LogP contribution < -0.4 is 19.3 Å². The van der Waals surface area contributed by atoms with E-state index >= 15 is 0 Å². The molecule has 1 saturated heterocycles. The van der Waals surface area contributed by atoms with Gasteiger partial charge in [0.2, 0.25) is 0 Å². The van der Waals surface area contributed by atoms with Gasteiger partial charge >= 0.3 is 6.09 Å². The molecule has 5 rings (SSSR count). The standard InChI is InChI=1S/C34H42N6O5/c1-34(2,3)45-33(42)39-15-13-38(14-16-39)32-11-8-24(22-36-32)31-23-35-29-10-9-25(20-30(29)37-31)40(12-6-7-17-41)26-18-27(43-4)21-28(19-26)44-5/h8-11,18-23,41H,6-7,12-17H2,1-5H3. The van der Waals surface area contributed by atoms with Crippen molar-refractivity contribution in [3.63, 3.8) is 0 Å². The van der Waals surface area contributed by atoms with Crippen LogP contribution in [0.1, 0.15) is 33.6 Å². The van der Waals surface area contributed by atoms with E-state index in [9.17, 15) is 9.90 Å². The number of aromatic nitrogens is 3. The van der Waals surface area contributed by atoms with Crippen LogP contribution in [-0.4, -0.2) is 90.2 Å². The molecule has 0 bridgehead atoms. The normalized spacial score (nSPS) is 13.6. The minimum Gasteiger partial charge on any atom is -0.497 e. The first-order valence-electron chi connectivity index (χ1n) is 15.2. The van der Waals surface area contributed by atoms with Crippen molar-refractivity contribution in [2.45, 2.75) is 39.2 Å². The molecule has 4 aromatic rings. The monoisotopic (exact) mass is 614 g/mol. The maximum Gasteiger partial charge on any atom is 0.410 e. The van der Waals surface area contributed by atoms with E-state index in [1.807, 2.05) is 75.5 Å². The summed E-state index contributed by atoms with van der Waals surface area (Å²) < 4.78 is 16.6. The second-order valence-corrected chi connectivity index (χ2v) is 11.9. The molecule has 0 saturated carbocycles. The first-order chi connectivity index (χ1) is 21.7. The van der Waals surface area contributed by atoms with E-state index in [0.717, 1.165) is 45.9 Å². The Morgan fingerprint density at radius 2 is 1.60 bits per heavy atom. The van der Waals surface area contributed by atoms with E-state index in [4.69, 9.17) is 24.2 Å². The number of nitrogens with zero attached hydrogens (tertiary/aromatic N) is 6. The first kappa shape index (κ1) is 31.8. The van der Waals surface area contributed by atoms with E-state index in [2.05, 4.69) is 14.8 Å². The number of carbonyl (C=O) groups is 1. The molecule has 1 N–H and O–H groups in total. The number of rotatable bonds is 10. The van der Waals surface area contributed by atoms with Crippen molar-refractivity contribution in [2.75, 3.05) is 63.4 Å². The summed E-state index contributed by atoms with van der Waals surface area (Å²) in [5.74, 6) is 2.24. The number of piperazine rings is 1. The molecule has 0 aliphatic carbocycles. The maximum absolute atomic E-state index is 12.4. The lowest BCUT2D eigenvalue weighted by molar-refractivity contribution is 0.0240. The van der Waals surface area contributed by atoms with Gasteiger partial charge in [-0.15, -0.1) is 0 Å². The lowest BCUT2D eigenvalue weighted by Gasteiger charge is -2.36. The van der Waals surface area contributed by atoms with Crippen LogP contribution in [0.3, 0.4) is 0 Å². The molecule has 1 aliphatic heterocycles. The number of unbranched alkanes of at least 4 members (excludes halogenated alkanes) is 1. The Morgan fingerprint density at radius 3 is 2.22 bits per heavy atom. The molecule has 2 aromatic carbocycles. The Balaban J connectivity index is 1.35. The van der Waals surface area contributed by atoms with E-state index < -0.39 is 5.60 Å². The fraction of sp³-hybridized carbons (Fsp3) is 0.412. The number of fused-ring (bicyclic) bond motifs is 1. The van der Waals surface area contributed by atoms with Gasteiger partial charge in [0, 0.05) is 80.7 Å². The molecular weight excluding hydrogens is 572 g/mol. The van der Waals surface area contributed by atoms with Crippen molar-refractivity contribution in [3.05, 3.63) is 60.9 Å². The van der Waals surface area contributed by atoms with Gasteiger partial charge in [0.1, 0.15) is 22.9 Å². The third-order valence-electron chi connectivity index (χ3n) is 7.57. The third-order valence-corrected chi connectivity index (χ3v) is 7.57. The lowest BCUT2D eigenvalue weighted by Crippen LogP contribution is -2.50. The fourth-order valence-corrected chi connectivity index (χ4v) is 5.21. The Morgan fingerprint density at radius 1 is 0.867 bits per heavy atom. The zero-order chi connectivity index (χ0) is 32.0. The van der Waals surface area contributed by atoms with Gasteiger partial charge in [0.05, 0.1) is 37.1 Å². The highest BCUT2D eigenvalue weighted by Gasteiger charge is 2.26. The van der Waals surface area contributed by atoms with Gasteiger partial charge < -0.3 is 34.0 Å². The van der Waals surface area contributed by atoms with Crippen molar-refractivity contribution in [1.82, 2.24) is 19.9 Å². The molecule has 0 unspecified atom stereocenters. The number of methoxy groups -OCH3 is 2. The summed E-state index contributed by atoms with van der Waals surface area (Å²) in [6, 6.07) is 15.8. The molecule has 1 fully saturated rings. The predicted molar refractivity (Wildman–Crippen MR) is 176 cm³/mol. The van der Waals surface area contributed by atoms with Crippen molar-refractivity contribution in [1.29, 1.82) is 0 Å². The second kappa shape index (κ2) is 14.0. The highest BCUT2D eigenvalue weighted by Crippen LogP contribution is 2.34. The summed E-state index contributed by atoms with van der Waals surface area (Å²) in [4.78, 5) is 32.9. The minimum atomic E-state index is -0.511. The third kappa shape index (κ3) is 7.91. The van der Waals surface area contributed by atoms with Gasteiger partial charge in [-0.1, -0.05) is 0 Å². The molecule has 11 nitrogen and oxygen atoms in total. The van der Waals surface area contributed by atoms with Crippen molar-refractivity contribution >= 4 is 34.3 Å². The number of anilines is 3. The largest absolute Gasteiger partial charge is 0.497 e. The first-order valence-corrected chi connectivity index (χ1v) is 15.2. The van der Waals surface area contributed by atoms with Crippen molar-refractivity contribution < 1.29 is 24.1 Å². The Bertz CT molecular complexity index is 1580. The van der Waals surface area contributed by atoms with Crippen LogP contribution in [0.15, 0.2) is 60.9 Å². The van der Waals surface area contributed by atoms with Gasteiger partial charge in [0.15, 0.2) is 0 Å². The molecule has 45 heavy (non-hydrogen) atoms. The Labute approximate surface area is 264 Å². The van der Waals surface area contributed by atoms with Gasteiger partial charge in [0.25, 0.3) is 0 Å². The molecule has 238 valence electrons. The van der Waals surface area contributed by atoms with Crippen LogP contribution in [0.2, 0.25) is 0 Å². The zero-order valence-electron chi connectivity index (χ0n) is 26.7. The van der Waals surface area contributed by atoms with Gasteiger partial charge in [-0.2, -0.15) is 0 Å². The van der Waals surface area contributed by atoms with Crippen LogP contribution in [0.25, 0.3) is 22.3 Å². The average Bonchev–Trinajstić information content (AvgIpc) is 3.05. The number of hydrogen-bond acceptors (Lipinski definition) is 10. The molecule has 0 spiro atoms. The maximum atomic E-state index is 12.4. The summed E-state index contributed by atoms with van der Waals surface area (Å²) in [5, 5.41) is 9.42. The average molecular weight is 615 g/mol. The van der Waals surface area contributed by atoms with Crippen molar-refractivity contribution in [2.24, 2.45) is 0 Å². The van der Waals surface area contributed by atoms with Crippen LogP contribution >= 0.6 is 0 Å². The Hall–Kier alpha value is -4.64. The molecule has 0 atom stereocenters. The topological polar surface area (TPSA) is 113 Å². The summed E-state index contributed by atoms with van der Waals surface area (Å²) in [6.45, 7) is 8.97. The minimum absolute atomic E-state index is 0.136. The number of aliphatic hydroxyl groups is 1. The molecular formula is C34H42N6O5. The molecule has 3 heterocycles. The van der Waals surface area contributed by atoms with Gasteiger partial charge in [-0.05, 0) is 63.9 Å². The molecule has 0 radical (unpaired) electrons. The summed E-state index contributed by atoms with van der Waals surface area (Å²) in [7, 11) is 3.27. The van der Waals surface area contributed by atoms with Crippen LogP contribution in [-0.2, 0) is 4.74 Å². The van der Waals surface area contributed by atoms with Gasteiger partial charge in [-0.3, -0.25) is 4.98 Å². The smallest absolute Gasteiger partial charge is 0.410 e. The van der Waals surface area contributed by atoms with Crippen LogP contribution in [0, 0.1) is 0 Å². The SMILES string of the molecule is COc1cc(OC)cc(N(CCCCO)c2ccc3ncc(-c4ccc(N5CCN(C(=O)OC(C)(C)C)CC5)nc4)nc3c2)c1. The van der Waals surface area contributed by atoms with Crippen LogP contribution in [0.4, 0.5) is 22.0 Å². The fourth-order valence-electron chi connectivity index (χ4n) is 5.21. The number of benzene rings is 2. The van der Waals surface area contributed by atoms with E-state index in [1.54, 1.807) is 25.3 Å². The number of ether oxygens (including phenoxy) is 3. The highest BCUT2D eigenvalue weighted by molar-refractivity contribution is 5.83. The predicted octanol–water partition coefficient (Wildman–Crippen LogP) is 5.68. The number of pyridine rings is 1. The number of hydrogen-bond donors (Lipinski definition) is 1. The number of carbonyl (C=O) groups excluding carboxylic acids is 1. The van der Waals surface area contributed by atoms with E-state index in [-0.39, 0.29) is 12.7 Å². The molecule has 1 amide bonds. The molecule has 11 heteroatoms.